The first-order chi connectivity index (χ1) is 14.6. The number of pyridine rings is 1. The van der Waals surface area contributed by atoms with Crippen molar-refractivity contribution in [3.63, 3.8) is 0 Å². The smallest absolute Gasteiger partial charge is 0.200 e. The molecule has 1 heteroatoms. The fourth-order valence-electron chi connectivity index (χ4n) is 7.40. The molecule has 152 valence electrons. The van der Waals surface area contributed by atoms with Crippen LogP contribution in [0.1, 0.15) is 49.7 Å². The van der Waals surface area contributed by atoms with Crippen LogP contribution in [0.4, 0.5) is 0 Å². The molecule has 4 fully saturated rings. The van der Waals surface area contributed by atoms with E-state index in [1.165, 1.54) is 66.5 Å². The Kier molecular flexibility index (Phi) is 4.17. The van der Waals surface area contributed by atoms with E-state index in [9.17, 15) is 0 Å². The zero-order valence-electron chi connectivity index (χ0n) is 18.3. The molecular weight excluding hydrogens is 362 g/mol. The topological polar surface area (TPSA) is 3.88 Å². The third kappa shape index (κ3) is 2.94. The van der Waals surface area contributed by atoms with Crippen molar-refractivity contribution in [2.75, 3.05) is 0 Å². The molecule has 1 heterocycles. The number of aryl methyl sites for hydroxylation is 2. The molecule has 0 unspecified atom stereocenters. The first kappa shape index (κ1) is 18.4. The average molecular weight is 395 g/mol. The summed E-state index contributed by atoms with van der Waals surface area (Å²) >= 11 is 0. The number of rotatable bonds is 3. The first-order valence-electron chi connectivity index (χ1n) is 11.8. The molecule has 0 amide bonds. The summed E-state index contributed by atoms with van der Waals surface area (Å²) in [6.45, 7) is 2.19. The highest BCUT2D eigenvalue weighted by Gasteiger charge is 2.51. The van der Waals surface area contributed by atoms with Gasteiger partial charge in [-0.3, -0.25) is 0 Å². The van der Waals surface area contributed by atoms with Crippen molar-refractivity contribution in [1.29, 1.82) is 0 Å². The minimum absolute atomic E-state index is 0.493. The SMILES string of the molecule is Cc1ccccc1-c1ccc(-c2ccc(C34CC5CC(CC(C5)C3)C4)cc2)c[n+]1C. The summed E-state index contributed by atoms with van der Waals surface area (Å²) in [4.78, 5) is 0. The Bertz CT molecular complexity index is 1060. The van der Waals surface area contributed by atoms with E-state index in [-0.39, 0.29) is 0 Å². The van der Waals surface area contributed by atoms with Gasteiger partial charge in [0.05, 0.1) is 0 Å². The fraction of sp³-hybridized carbons (Fsp3) is 0.414. The molecule has 7 rings (SSSR count). The maximum Gasteiger partial charge on any atom is 0.212 e. The summed E-state index contributed by atoms with van der Waals surface area (Å²) in [7, 11) is 2.16. The van der Waals surface area contributed by atoms with Crippen molar-refractivity contribution in [3.05, 3.63) is 78.0 Å². The lowest BCUT2D eigenvalue weighted by atomic mass is 9.48. The molecule has 30 heavy (non-hydrogen) atoms. The molecule has 0 radical (unpaired) electrons. The summed E-state index contributed by atoms with van der Waals surface area (Å²) in [5, 5.41) is 0. The third-order valence-corrected chi connectivity index (χ3v) is 8.42. The van der Waals surface area contributed by atoms with Crippen molar-refractivity contribution < 1.29 is 4.57 Å². The average Bonchev–Trinajstić information content (AvgIpc) is 2.74. The Morgan fingerprint density at radius 3 is 1.93 bits per heavy atom. The standard InChI is InChI=1S/C29H32N/c1-20-5-3-4-6-27(20)28-12-9-25(19-30(28)2)24-7-10-26(11-8-24)29-16-21-13-22(17-29)15-23(14-21)18-29/h3-12,19,21-23H,13-18H2,1-2H3/q+1. The molecule has 4 bridgehead atoms. The van der Waals surface area contributed by atoms with Gasteiger partial charge in [-0.05, 0) is 97.4 Å². The number of aromatic nitrogens is 1. The quantitative estimate of drug-likeness (QED) is 0.439. The van der Waals surface area contributed by atoms with Crippen LogP contribution < -0.4 is 4.57 Å². The Hall–Kier alpha value is -2.41. The molecule has 0 atom stereocenters. The minimum atomic E-state index is 0.493. The number of nitrogens with zero attached hydrogens (tertiary/aromatic N) is 1. The van der Waals surface area contributed by atoms with Gasteiger partial charge in [0.2, 0.25) is 5.69 Å². The Balaban J connectivity index is 1.30. The molecule has 4 saturated carbocycles. The largest absolute Gasteiger partial charge is 0.212 e. The van der Waals surface area contributed by atoms with Crippen molar-refractivity contribution in [2.24, 2.45) is 24.8 Å². The highest BCUT2D eigenvalue weighted by Crippen LogP contribution is 2.60. The van der Waals surface area contributed by atoms with Crippen LogP contribution in [0, 0.1) is 24.7 Å². The van der Waals surface area contributed by atoms with Gasteiger partial charge in [0, 0.05) is 17.2 Å². The monoisotopic (exact) mass is 394 g/mol. The van der Waals surface area contributed by atoms with Crippen LogP contribution in [-0.2, 0) is 12.5 Å². The van der Waals surface area contributed by atoms with Gasteiger partial charge in [0.15, 0.2) is 6.20 Å². The van der Waals surface area contributed by atoms with E-state index in [1.807, 2.05) is 0 Å². The van der Waals surface area contributed by atoms with Gasteiger partial charge in [-0.15, -0.1) is 0 Å². The van der Waals surface area contributed by atoms with Crippen LogP contribution in [0.3, 0.4) is 0 Å². The van der Waals surface area contributed by atoms with Crippen molar-refractivity contribution in [1.82, 2.24) is 0 Å². The lowest BCUT2D eigenvalue weighted by molar-refractivity contribution is -0.659. The lowest BCUT2D eigenvalue weighted by Crippen LogP contribution is -2.48. The van der Waals surface area contributed by atoms with E-state index < -0.39 is 0 Å². The normalized spacial score (nSPS) is 29.3. The Morgan fingerprint density at radius 2 is 1.33 bits per heavy atom. The summed E-state index contributed by atoms with van der Waals surface area (Å²) < 4.78 is 2.27. The van der Waals surface area contributed by atoms with E-state index in [2.05, 4.69) is 85.4 Å². The molecule has 3 aromatic rings. The van der Waals surface area contributed by atoms with Crippen molar-refractivity contribution in [3.8, 4) is 22.4 Å². The third-order valence-electron chi connectivity index (χ3n) is 8.42. The van der Waals surface area contributed by atoms with Crippen LogP contribution in [0.2, 0.25) is 0 Å². The summed E-state index contributed by atoms with van der Waals surface area (Å²) in [6.07, 6.45) is 11.2. The van der Waals surface area contributed by atoms with E-state index in [0.717, 1.165) is 17.8 Å². The minimum Gasteiger partial charge on any atom is -0.200 e. The molecule has 0 aliphatic heterocycles. The maximum absolute atomic E-state index is 2.46. The van der Waals surface area contributed by atoms with E-state index >= 15 is 0 Å². The molecule has 0 saturated heterocycles. The van der Waals surface area contributed by atoms with Crippen LogP contribution in [0.25, 0.3) is 22.4 Å². The maximum atomic E-state index is 2.46. The summed E-state index contributed by atoms with van der Waals surface area (Å²) in [5.74, 6) is 3.01. The predicted octanol–water partition coefficient (Wildman–Crippen LogP) is 6.62. The van der Waals surface area contributed by atoms with Crippen LogP contribution in [-0.4, -0.2) is 0 Å². The highest BCUT2D eigenvalue weighted by atomic mass is 14.9. The van der Waals surface area contributed by atoms with Gasteiger partial charge in [-0.25, -0.2) is 4.57 Å². The second-order valence-electron chi connectivity index (χ2n) is 10.5. The van der Waals surface area contributed by atoms with Crippen molar-refractivity contribution in [2.45, 2.75) is 50.9 Å². The molecule has 4 aliphatic rings. The van der Waals surface area contributed by atoms with E-state index in [0.29, 0.717) is 5.41 Å². The van der Waals surface area contributed by atoms with Crippen LogP contribution in [0.15, 0.2) is 66.9 Å². The molecular formula is C29H32N+. The summed E-state index contributed by atoms with van der Waals surface area (Å²) in [5.41, 5.74) is 8.63. The predicted molar refractivity (Wildman–Crippen MR) is 123 cm³/mol. The van der Waals surface area contributed by atoms with Gasteiger partial charge in [-0.1, -0.05) is 42.5 Å². The summed E-state index contributed by atoms with van der Waals surface area (Å²) in [6, 6.07) is 22.8. The number of benzene rings is 2. The molecule has 1 aromatic heterocycles. The van der Waals surface area contributed by atoms with Gasteiger partial charge in [-0.2, -0.15) is 0 Å². The van der Waals surface area contributed by atoms with Gasteiger partial charge < -0.3 is 0 Å². The second kappa shape index (κ2) is 6.80. The van der Waals surface area contributed by atoms with Gasteiger partial charge >= 0.3 is 0 Å². The van der Waals surface area contributed by atoms with Crippen LogP contribution in [0.5, 0.6) is 0 Å². The second-order valence-corrected chi connectivity index (χ2v) is 10.5. The lowest BCUT2D eigenvalue weighted by Gasteiger charge is -2.57. The zero-order valence-corrected chi connectivity index (χ0v) is 18.3. The van der Waals surface area contributed by atoms with E-state index in [4.69, 9.17) is 0 Å². The van der Waals surface area contributed by atoms with E-state index in [1.54, 1.807) is 5.56 Å². The van der Waals surface area contributed by atoms with Gasteiger partial charge in [0.25, 0.3) is 0 Å². The van der Waals surface area contributed by atoms with Crippen LogP contribution >= 0.6 is 0 Å². The molecule has 0 N–H and O–H groups in total. The Morgan fingerprint density at radius 1 is 0.733 bits per heavy atom. The zero-order chi connectivity index (χ0) is 20.3. The number of hydrogen-bond acceptors (Lipinski definition) is 0. The van der Waals surface area contributed by atoms with Gasteiger partial charge in [0.1, 0.15) is 7.05 Å². The molecule has 0 spiro atoms. The first-order valence-corrected chi connectivity index (χ1v) is 11.8. The highest BCUT2D eigenvalue weighted by molar-refractivity contribution is 5.66. The molecule has 1 nitrogen and oxygen atoms in total. The molecule has 4 aliphatic carbocycles. The van der Waals surface area contributed by atoms with Crippen molar-refractivity contribution >= 4 is 0 Å². The fourth-order valence-corrected chi connectivity index (χ4v) is 7.40. The molecule has 2 aromatic carbocycles. The number of hydrogen-bond donors (Lipinski definition) is 0. The Labute approximate surface area is 180 Å².